The van der Waals surface area contributed by atoms with Crippen molar-refractivity contribution < 1.29 is 19.0 Å². The Hall–Kier alpha value is -0.970. The zero-order valence-corrected chi connectivity index (χ0v) is 13.3. The molecule has 0 fully saturated rings. The summed E-state index contributed by atoms with van der Waals surface area (Å²) in [4.78, 5) is 11.7. The van der Waals surface area contributed by atoms with Crippen LogP contribution in [-0.2, 0) is 19.0 Å². The van der Waals surface area contributed by atoms with Crippen LogP contribution in [0.25, 0.3) is 0 Å². The van der Waals surface area contributed by atoms with E-state index in [-0.39, 0.29) is 6.10 Å². The van der Waals surface area contributed by atoms with Crippen LogP contribution in [0, 0.1) is 0 Å². The van der Waals surface area contributed by atoms with Gasteiger partial charge < -0.3 is 14.2 Å². The topological polar surface area (TPSA) is 44.8 Å². The molecule has 0 saturated heterocycles. The van der Waals surface area contributed by atoms with Crippen molar-refractivity contribution in [2.75, 3.05) is 13.2 Å². The normalized spacial score (nSPS) is 27.1. The van der Waals surface area contributed by atoms with E-state index in [1.54, 1.807) is 0 Å². The van der Waals surface area contributed by atoms with Crippen LogP contribution in [-0.4, -0.2) is 37.5 Å². The van der Waals surface area contributed by atoms with Gasteiger partial charge in [0.05, 0.1) is 0 Å². The van der Waals surface area contributed by atoms with E-state index in [0.29, 0.717) is 18.8 Å². The van der Waals surface area contributed by atoms with Gasteiger partial charge in [-0.1, -0.05) is 25.8 Å². The Bertz CT molecular complexity index is 421. The lowest BCUT2D eigenvalue weighted by molar-refractivity contribution is -0.118. The number of hydrogen-bond acceptors (Lipinski definition) is 4. The highest BCUT2D eigenvalue weighted by Crippen LogP contribution is 2.46. The lowest BCUT2D eigenvalue weighted by Gasteiger charge is -2.25. The van der Waals surface area contributed by atoms with E-state index < -0.39 is 11.9 Å². The molecule has 2 heterocycles. The van der Waals surface area contributed by atoms with Gasteiger partial charge in [0.15, 0.2) is 6.29 Å². The molecule has 0 N–H and O–H groups in total. The van der Waals surface area contributed by atoms with Crippen LogP contribution < -0.4 is 0 Å². The molecule has 0 amide bonds. The summed E-state index contributed by atoms with van der Waals surface area (Å²) >= 11 is 0. The minimum atomic E-state index is -0.552. The third kappa shape index (κ3) is 3.12. The molecule has 0 aromatic rings. The fourth-order valence-corrected chi connectivity index (χ4v) is 3.14. The Morgan fingerprint density at radius 2 is 2.00 bits per heavy atom. The first-order valence-corrected chi connectivity index (χ1v) is 8.02. The average Bonchev–Trinajstić information content (AvgIpc) is 3.03. The van der Waals surface area contributed by atoms with Gasteiger partial charge in [0.2, 0.25) is 0 Å². The molecule has 2 aliphatic heterocycles. The second-order valence-electron chi connectivity index (χ2n) is 5.47. The molecule has 4 heteroatoms. The summed E-state index contributed by atoms with van der Waals surface area (Å²) in [6, 6.07) is 0. The molecule has 0 unspecified atom stereocenters. The molecule has 0 spiro atoms. The number of rotatable bonds is 10. The highest BCUT2D eigenvalue weighted by Gasteiger charge is 2.50. The quantitative estimate of drug-likeness (QED) is 0.269. The first-order chi connectivity index (χ1) is 10.2. The Morgan fingerprint density at radius 1 is 1.29 bits per heavy atom. The lowest BCUT2D eigenvalue weighted by atomic mass is 9.83. The number of unbranched alkanes of at least 4 members (excludes halogenated alkanes) is 2. The number of aldehydes is 1. The van der Waals surface area contributed by atoms with Crippen LogP contribution >= 0.6 is 0 Å². The van der Waals surface area contributed by atoms with E-state index in [1.165, 1.54) is 0 Å². The summed E-state index contributed by atoms with van der Waals surface area (Å²) in [6.07, 6.45) is 8.51. The summed E-state index contributed by atoms with van der Waals surface area (Å²) in [5.41, 5.74) is 1.01. The molecule has 0 saturated carbocycles. The fraction of sp³-hybridized carbons (Fsp3) is 0.706. The third-order valence-electron chi connectivity index (χ3n) is 4.11. The minimum absolute atomic E-state index is 0.185. The van der Waals surface area contributed by atoms with Crippen LogP contribution in [0.3, 0.4) is 0 Å². The van der Waals surface area contributed by atoms with E-state index in [1.807, 2.05) is 26.0 Å². The Morgan fingerprint density at radius 3 is 2.57 bits per heavy atom. The van der Waals surface area contributed by atoms with Gasteiger partial charge in [-0.3, -0.25) is 4.79 Å². The first-order valence-electron chi connectivity index (χ1n) is 8.02. The van der Waals surface area contributed by atoms with Crippen molar-refractivity contribution in [1.29, 1.82) is 0 Å². The standard InChI is InChI=1S/C17H26O4/c1-4-7-8-10-17-11-9-14(21-17)15(13(17)12-18)16(19-5-2)20-6-3/h9,11-12,14,16H,4-8,10H2,1-3H3/t14-,17+/m0/s1. The highest BCUT2D eigenvalue weighted by atomic mass is 16.7. The minimum Gasteiger partial charge on any atom is -0.354 e. The Balaban J connectivity index is 2.24. The maximum atomic E-state index is 11.7. The van der Waals surface area contributed by atoms with Crippen molar-refractivity contribution >= 4 is 6.29 Å². The third-order valence-corrected chi connectivity index (χ3v) is 4.11. The van der Waals surface area contributed by atoms with E-state index >= 15 is 0 Å². The van der Waals surface area contributed by atoms with E-state index in [2.05, 4.69) is 6.92 Å². The van der Waals surface area contributed by atoms with Crippen LogP contribution in [0.2, 0.25) is 0 Å². The summed E-state index contributed by atoms with van der Waals surface area (Å²) in [5, 5.41) is 0. The predicted octanol–water partition coefficient (Wildman–Crippen LogP) is 3.17. The van der Waals surface area contributed by atoms with Crippen molar-refractivity contribution in [3.05, 3.63) is 23.3 Å². The molecule has 0 aliphatic carbocycles. The number of carbonyl (C=O) groups excluding carboxylic acids is 1. The maximum absolute atomic E-state index is 11.7. The SMILES string of the molecule is CCCCC[C@]12C=C[C@H](O1)C(C(OCC)OCC)=C2C=O. The number of fused-ring (bicyclic) bond motifs is 2. The van der Waals surface area contributed by atoms with E-state index in [0.717, 1.165) is 37.5 Å². The van der Waals surface area contributed by atoms with Crippen molar-refractivity contribution in [1.82, 2.24) is 0 Å². The molecule has 0 aromatic heterocycles. The van der Waals surface area contributed by atoms with Crippen LogP contribution in [0.4, 0.5) is 0 Å². The highest BCUT2D eigenvalue weighted by molar-refractivity contribution is 5.82. The number of ether oxygens (including phenoxy) is 3. The van der Waals surface area contributed by atoms with Crippen molar-refractivity contribution in [3.63, 3.8) is 0 Å². The van der Waals surface area contributed by atoms with Gasteiger partial charge >= 0.3 is 0 Å². The smallest absolute Gasteiger partial charge is 0.183 e. The molecule has 2 atom stereocenters. The lowest BCUT2D eigenvalue weighted by Crippen LogP contribution is -2.29. The van der Waals surface area contributed by atoms with Crippen molar-refractivity contribution in [2.24, 2.45) is 0 Å². The van der Waals surface area contributed by atoms with E-state index in [4.69, 9.17) is 14.2 Å². The van der Waals surface area contributed by atoms with Gasteiger partial charge in [-0.2, -0.15) is 0 Å². The summed E-state index contributed by atoms with van der Waals surface area (Å²) in [7, 11) is 0. The second-order valence-corrected chi connectivity index (χ2v) is 5.47. The monoisotopic (exact) mass is 294 g/mol. The average molecular weight is 294 g/mol. The Labute approximate surface area is 127 Å². The zero-order chi connectivity index (χ0) is 15.3. The second kappa shape index (κ2) is 7.34. The zero-order valence-electron chi connectivity index (χ0n) is 13.3. The molecule has 2 aliphatic rings. The molecule has 2 bridgehead atoms. The van der Waals surface area contributed by atoms with Gasteiger partial charge in [-0.15, -0.1) is 0 Å². The molecule has 21 heavy (non-hydrogen) atoms. The largest absolute Gasteiger partial charge is 0.354 e. The van der Waals surface area contributed by atoms with Gasteiger partial charge in [0, 0.05) is 24.4 Å². The van der Waals surface area contributed by atoms with Gasteiger partial charge in [0.1, 0.15) is 18.0 Å². The fourth-order valence-electron chi connectivity index (χ4n) is 3.14. The van der Waals surface area contributed by atoms with Crippen LogP contribution in [0.15, 0.2) is 23.3 Å². The molecule has 2 rings (SSSR count). The van der Waals surface area contributed by atoms with Gasteiger partial charge in [-0.25, -0.2) is 0 Å². The molecular weight excluding hydrogens is 268 g/mol. The molecule has 0 aromatic carbocycles. The summed E-state index contributed by atoms with van der Waals surface area (Å²) in [5.74, 6) is 0. The summed E-state index contributed by atoms with van der Waals surface area (Å²) in [6.45, 7) is 7.10. The number of hydrogen-bond donors (Lipinski definition) is 0. The van der Waals surface area contributed by atoms with Gasteiger partial charge in [-0.05, 0) is 32.8 Å². The van der Waals surface area contributed by atoms with E-state index in [9.17, 15) is 4.79 Å². The van der Waals surface area contributed by atoms with Crippen molar-refractivity contribution in [2.45, 2.75) is 64.4 Å². The molecule has 4 nitrogen and oxygen atoms in total. The summed E-state index contributed by atoms with van der Waals surface area (Å²) < 4.78 is 17.5. The van der Waals surface area contributed by atoms with Crippen LogP contribution in [0.1, 0.15) is 46.5 Å². The number of carbonyl (C=O) groups is 1. The molecule has 0 radical (unpaired) electrons. The first kappa shape index (κ1) is 16.4. The molecule has 118 valence electrons. The van der Waals surface area contributed by atoms with Gasteiger partial charge in [0.25, 0.3) is 0 Å². The maximum Gasteiger partial charge on any atom is 0.183 e. The predicted molar refractivity (Wildman–Crippen MR) is 81.0 cm³/mol. The van der Waals surface area contributed by atoms with Crippen molar-refractivity contribution in [3.8, 4) is 0 Å². The molecular formula is C17H26O4. The van der Waals surface area contributed by atoms with Crippen LogP contribution in [0.5, 0.6) is 0 Å². The Kier molecular flexibility index (Phi) is 5.73.